The number of rotatable bonds is 10. The van der Waals surface area contributed by atoms with Crippen molar-refractivity contribution in [1.82, 2.24) is 9.47 Å². The van der Waals surface area contributed by atoms with Gasteiger partial charge in [-0.05, 0) is 38.3 Å². The van der Waals surface area contributed by atoms with E-state index in [1.165, 1.54) is 11.8 Å². The molecule has 0 aliphatic carbocycles. The Bertz CT molecular complexity index is 1050. The van der Waals surface area contributed by atoms with Crippen molar-refractivity contribution in [1.29, 1.82) is 5.26 Å². The van der Waals surface area contributed by atoms with Crippen LogP contribution in [0.2, 0.25) is 0 Å². The van der Waals surface area contributed by atoms with Crippen LogP contribution in [0, 0.1) is 18.3 Å². The zero-order valence-electron chi connectivity index (χ0n) is 20.1. The Morgan fingerprint density at radius 2 is 1.94 bits per heavy atom. The van der Waals surface area contributed by atoms with E-state index >= 15 is 0 Å². The zero-order valence-corrected chi connectivity index (χ0v) is 21.7. The first-order chi connectivity index (χ1) is 16.4. The summed E-state index contributed by atoms with van der Waals surface area (Å²) < 4.78 is 13.1. The highest BCUT2D eigenvalue weighted by atomic mass is 32.2. The molecule has 2 aliphatic rings. The fourth-order valence-electron chi connectivity index (χ4n) is 4.08. The molecule has 2 fully saturated rings. The van der Waals surface area contributed by atoms with Crippen LogP contribution in [0.3, 0.4) is 0 Å². The summed E-state index contributed by atoms with van der Waals surface area (Å²) in [5.41, 5.74) is 1.15. The number of ether oxygens (including phenoxy) is 2. The lowest BCUT2D eigenvalue weighted by Crippen LogP contribution is -2.41. The molecule has 1 aromatic rings. The molecule has 0 radical (unpaired) electrons. The first-order valence-electron chi connectivity index (χ1n) is 11.8. The van der Waals surface area contributed by atoms with Crippen LogP contribution in [0.5, 0.6) is 0 Å². The molecule has 34 heavy (non-hydrogen) atoms. The topological polar surface area (TPSA) is 87.8 Å². The third-order valence-electron chi connectivity index (χ3n) is 5.92. The van der Waals surface area contributed by atoms with Gasteiger partial charge in [-0.15, -0.1) is 0 Å². The number of amides is 1. The van der Waals surface area contributed by atoms with Crippen molar-refractivity contribution in [2.45, 2.75) is 46.6 Å². The molecular weight excluding hydrogens is 472 g/mol. The molecule has 1 aromatic heterocycles. The van der Waals surface area contributed by atoms with Gasteiger partial charge in [0.1, 0.15) is 21.8 Å². The highest BCUT2D eigenvalue weighted by Crippen LogP contribution is 2.36. The SMILES string of the molecule is CCCCn1c(N2CCOCC2)c(/C=C2/SC(=S)N(CCCOCC)C2=O)c(C)c(C#N)c1=O. The van der Waals surface area contributed by atoms with Gasteiger partial charge in [0.2, 0.25) is 0 Å². The maximum absolute atomic E-state index is 13.3. The van der Waals surface area contributed by atoms with E-state index in [2.05, 4.69) is 17.9 Å². The average molecular weight is 505 g/mol. The van der Waals surface area contributed by atoms with Crippen molar-refractivity contribution < 1.29 is 14.3 Å². The number of unbranched alkanes of at least 4 members (excludes halogenated alkanes) is 1. The van der Waals surface area contributed by atoms with Gasteiger partial charge in [0.25, 0.3) is 11.5 Å². The molecule has 184 valence electrons. The summed E-state index contributed by atoms with van der Waals surface area (Å²) in [7, 11) is 0. The van der Waals surface area contributed by atoms with E-state index in [1.54, 1.807) is 16.4 Å². The number of morpholine rings is 1. The molecule has 3 rings (SSSR count). The Morgan fingerprint density at radius 3 is 2.59 bits per heavy atom. The minimum absolute atomic E-state index is 0.117. The van der Waals surface area contributed by atoms with Crippen molar-refractivity contribution in [3.8, 4) is 6.07 Å². The van der Waals surface area contributed by atoms with Crippen LogP contribution >= 0.6 is 24.0 Å². The van der Waals surface area contributed by atoms with E-state index in [-0.39, 0.29) is 17.0 Å². The molecule has 0 spiro atoms. The highest BCUT2D eigenvalue weighted by molar-refractivity contribution is 8.26. The van der Waals surface area contributed by atoms with Crippen LogP contribution < -0.4 is 10.5 Å². The van der Waals surface area contributed by atoms with Crippen LogP contribution in [-0.2, 0) is 20.8 Å². The Kier molecular flexibility index (Phi) is 9.71. The first-order valence-corrected chi connectivity index (χ1v) is 13.0. The monoisotopic (exact) mass is 504 g/mol. The molecule has 0 atom stereocenters. The summed E-state index contributed by atoms with van der Waals surface area (Å²) >= 11 is 6.74. The number of anilines is 1. The molecule has 2 saturated heterocycles. The van der Waals surface area contributed by atoms with Gasteiger partial charge in [-0.2, -0.15) is 5.26 Å². The number of thioether (sulfide) groups is 1. The third kappa shape index (κ3) is 5.71. The maximum atomic E-state index is 13.3. The molecule has 0 N–H and O–H groups in total. The Balaban J connectivity index is 2.08. The van der Waals surface area contributed by atoms with Crippen LogP contribution in [-0.4, -0.2) is 65.8 Å². The maximum Gasteiger partial charge on any atom is 0.270 e. The summed E-state index contributed by atoms with van der Waals surface area (Å²) in [6.07, 6.45) is 4.24. The van der Waals surface area contributed by atoms with Gasteiger partial charge in [0, 0.05) is 45.0 Å². The average Bonchev–Trinajstić information content (AvgIpc) is 3.10. The van der Waals surface area contributed by atoms with Crippen molar-refractivity contribution >= 4 is 46.1 Å². The van der Waals surface area contributed by atoms with E-state index < -0.39 is 0 Å². The van der Waals surface area contributed by atoms with Gasteiger partial charge in [0.05, 0.1) is 18.1 Å². The minimum atomic E-state index is -0.282. The van der Waals surface area contributed by atoms with Crippen molar-refractivity contribution in [3.63, 3.8) is 0 Å². The molecule has 0 bridgehead atoms. The summed E-state index contributed by atoms with van der Waals surface area (Å²) in [6, 6.07) is 2.10. The van der Waals surface area contributed by atoms with Gasteiger partial charge >= 0.3 is 0 Å². The largest absolute Gasteiger partial charge is 0.382 e. The summed E-state index contributed by atoms with van der Waals surface area (Å²) in [5.74, 6) is 0.600. The molecule has 0 unspecified atom stereocenters. The molecule has 3 heterocycles. The first kappa shape index (κ1) is 26.4. The number of pyridine rings is 1. The molecule has 0 aromatic carbocycles. The standard InChI is InChI=1S/C24H32N4O4S2/c1-4-6-8-27-21(26-10-13-32-14-11-26)18(17(3)19(16-25)22(27)29)15-20-23(30)28(24(33)34-20)9-7-12-31-5-2/h15H,4-14H2,1-3H3/b20-15+. The quantitative estimate of drug-likeness (QED) is 0.273. The second-order valence-corrected chi connectivity index (χ2v) is 9.82. The predicted octanol–water partition coefficient (Wildman–Crippen LogP) is 3.29. The van der Waals surface area contributed by atoms with Gasteiger partial charge in [0.15, 0.2) is 0 Å². The number of carbonyl (C=O) groups excluding carboxylic acids is 1. The highest BCUT2D eigenvalue weighted by Gasteiger charge is 2.33. The van der Waals surface area contributed by atoms with Crippen molar-refractivity contribution in [2.24, 2.45) is 0 Å². The van der Waals surface area contributed by atoms with E-state index in [9.17, 15) is 14.9 Å². The van der Waals surface area contributed by atoms with E-state index in [0.717, 1.165) is 24.2 Å². The Morgan fingerprint density at radius 1 is 1.21 bits per heavy atom. The van der Waals surface area contributed by atoms with Gasteiger partial charge < -0.3 is 14.4 Å². The number of aromatic nitrogens is 1. The van der Waals surface area contributed by atoms with Crippen molar-refractivity contribution in [2.75, 3.05) is 51.0 Å². The lowest BCUT2D eigenvalue weighted by molar-refractivity contribution is -0.122. The van der Waals surface area contributed by atoms with E-state index in [1.807, 2.05) is 13.0 Å². The van der Waals surface area contributed by atoms with Crippen LogP contribution in [0.15, 0.2) is 9.70 Å². The molecule has 1 amide bonds. The van der Waals surface area contributed by atoms with E-state index in [0.29, 0.717) is 73.8 Å². The predicted molar refractivity (Wildman–Crippen MR) is 139 cm³/mol. The number of hydrogen-bond donors (Lipinski definition) is 0. The normalized spacial score (nSPS) is 17.6. The zero-order chi connectivity index (χ0) is 24.7. The number of thiocarbonyl (C=S) groups is 1. The number of nitriles is 1. The molecule has 8 nitrogen and oxygen atoms in total. The third-order valence-corrected chi connectivity index (χ3v) is 7.29. The second kappa shape index (κ2) is 12.5. The minimum Gasteiger partial charge on any atom is -0.382 e. The molecule has 10 heteroatoms. The van der Waals surface area contributed by atoms with Gasteiger partial charge in [-0.1, -0.05) is 37.3 Å². The lowest BCUT2D eigenvalue weighted by atomic mass is 10.0. The molecule has 2 aliphatic heterocycles. The molecular formula is C24H32N4O4S2. The number of nitrogens with zero attached hydrogens (tertiary/aromatic N) is 4. The fourth-order valence-corrected chi connectivity index (χ4v) is 5.37. The van der Waals surface area contributed by atoms with Crippen LogP contribution in [0.1, 0.15) is 49.8 Å². The van der Waals surface area contributed by atoms with Crippen LogP contribution in [0.4, 0.5) is 5.82 Å². The summed E-state index contributed by atoms with van der Waals surface area (Å²) in [6.45, 7) is 10.4. The Hall–Kier alpha value is -2.19. The van der Waals surface area contributed by atoms with Gasteiger partial charge in [-0.3, -0.25) is 19.1 Å². The summed E-state index contributed by atoms with van der Waals surface area (Å²) in [5, 5.41) is 9.78. The number of hydrogen-bond acceptors (Lipinski definition) is 8. The smallest absolute Gasteiger partial charge is 0.270 e. The van der Waals surface area contributed by atoms with Crippen molar-refractivity contribution in [3.05, 3.63) is 31.9 Å². The fraction of sp³-hybridized carbons (Fsp3) is 0.583. The van der Waals surface area contributed by atoms with E-state index in [4.69, 9.17) is 21.7 Å². The van der Waals surface area contributed by atoms with Gasteiger partial charge in [-0.25, -0.2) is 0 Å². The molecule has 0 saturated carbocycles. The van der Waals surface area contributed by atoms with Crippen LogP contribution in [0.25, 0.3) is 6.08 Å². The number of carbonyl (C=O) groups is 1. The lowest BCUT2D eigenvalue weighted by Gasteiger charge is -2.33. The Labute approximate surface area is 210 Å². The summed E-state index contributed by atoms with van der Waals surface area (Å²) in [4.78, 5) is 30.7. The second-order valence-electron chi connectivity index (χ2n) is 8.14.